The molecular formula is C24H25Cl2F2N3O3. The molecule has 1 fully saturated rings. The molecule has 2 aliphatic rings. The molecular weight excluding hydrogens is 487 g/mol. The number of aromatic hydroxyl groups is 2. The number of carbonyl (C=O) groups is 1. The Hall–Kier alpha value is -2.58. The number of carbonyl (C=O) groups excluding carboxylic acids is 1. The molecule has 3 heterocycles. The van der Waals surface area contributed by atoms with Crippen LogP contribution < -0.4 is 4.90 Å². The molecule has 10 heteroatoms. The van der Waals surface area contributed by atoms with Gasteiger partial charge in [0.1, 0.15) is 11.5 Å². The Bertz CT molecular complexity index is 1150. The summed E-state index contributed by atoms with van der Waals surface area (Å²) < 4.78 is 27.8. The average Bonchev–Trinajstić information content (AvgIpc) is 2.84. The van der Waals surface area contributed by atoms with Crippen molar-refractivity contribution in [2.24, 2.45) is 0 Å². The number of phenolic OH excluding ortho intramolecular Hbond substituents is 2. The molecule has 2 aliphatic heterocycles. The van der Waals surface area contributed by atoms with Gasteiger partial charge in [0.05, 0.1) is 10.0 Å². The van der Waals surface area contributed by atoms with Crippen molar-refractivity contribution >= 4 is 41.0 Å². The van der Waals surface area contributed by atoms with Crippen molar-refractivity contribution in [3.05, 3.63) is 50.6 Å². The predicted octanol–water partition coefficient (Wildman–Crippen LogP) is 5.50. The third-order valence-corrected chi connectivity index (χ3v) is 7.06. The van der Waals surface area contributed by atoms with Gasteiger partial charge in [-0.25, -0.2) is 4.98 Å². The number of alkyl halides is 2. The minimum Gasteiger partial charge on any atom is -0.503 e. The lowest BCUT2D eigenvalue weighted by molar-refractivity contribution is -0.126. The Morgan fingerprint density at radius 2 is 1.71 bits per heavy atom. The maximum Gasteiger partial charge on any atom is 0.287 e. The van der Waals surface area contributed by atoms with Crippen molar-refractivity contribution in [1.29, 1.82) is 0 Å². The van der Waals surface area contributed by atoms with E-state index in [1.54, 1.807) is 17.0 Å². The average molecular weight is 512 g/mol. The maximum atomic E-state index is 13.9. The van der Waals surface area contributed by atoms with Crippen LogP contribution in [0.4, 0.5) is 14.6 Å². The number of piperidine rings is 1. The van der Waals surface area contributed by atoms with Gasteiger partial charge in [-0.05, 0) is 55.0 Å². The van der Waals surface area contributed by atoms with Crippen LogP contribution in [-0.2, 0) is 23.7 Å². The molecule has 1 aromatic carbocycles. The SMILES string of the molecule is CC(F)(F)c1ccc(/C=C/C(=O)N2CCc3c(Cl)c(O)c(O)c(Cl)c3C2)c(N2CCCCC2)n1. The Balaban J connectivity index is 1.59. The highest BCUT2D eigenvalue weighted by Gasteiger charge is 2.29. The number of aromatic nitrogens is 1. The third-order valence-electron chi connectivity index (χ3n) is 6.24. The van der Waals surface area contributed by atoms with Gasteiger partial charge in [-0.1, -0.05) is 23.2 Å². The molecule has 2 aromatic rings. The molecule has 0 atom stereocenters. The molecule has 0 unspecified atom stereocenters. The Kier molecular flexibility index (Phi) is 6.92. The van der Waals surface area contributed by atoms with Gasteiger partial charge >= 0.3 is 0 Å². The predicted molar refractivity (Wildman–Crippen MR) is 128 cm³/mol. The first-order valence-corrected chi connectivity index (χ1v) is 11.9. The van der Waals surface area contributed by atoms with E-state index in [4.69, 9.17) is 23.2 Å². The van der Waals surface area contributed by atoms with Gasteiger partial charge in [0.25, 0.3) is 5.92 Å². The van der Waals surface area contributed by atoms with Crippen LogP contribution in [0, 0.1) is 0 Å². The van der Waals surface area contributed by atoms with E-state index in [9.17, 15) is 23.8 Å². The van der Waals surface area contributed by atoms with E-state index in [2.05, 4.69) is 4.98 Å². The molecule has 1 saturated heterocycles. The zero-order valence-electron chi connectivity index (χ0n) is 18.6. The molecule has 34 heavy (non-hydrogen) atoms. The van der Waals surface area contributed by atoms with Gasteiger partial charge in [-0.2, -0.15) is 8.78 Å². The Labute approximate surface area is 206 Å². The molecule has 0 spiro atoms. The van der Waals surface area contributed by atoms with Crippen molar-refractivity contribution in [1.82, 2.24) is 9.88 Å². The van der Waals surface area contributed by atoms with Crippen LogP contribution in [-0.4, -0.2) is 45.6 Å². The summed E-state index contributed by atoms with van der Waals surface area (Å²) in [4.78, 5) is 20.7. The number of nitrogens with zero attached hydrogens (tertiary/aromatic N) is 3. The Morgan fingerprint density at radius 1 is 1.06 bits per heavy atom. The second kappa shape index (κ2) is 9.58. The first-order valence-electron chi connectivity index (χ1n) is 11.1. The second-order valence-corrected chi connectivity index (χ2v) is 9.43. The van der Waals surface area contributed by atoms with Crippen molar-refractivity contribution in [3.63, 3.8) is 0 Å². The fraction of sp³-hybridized carbons (Fsp3) is 0.417. The number of hydrogen-bond donors (Lipinski definition) is 2. The number of rotatable bonds is 4. The topological polar surface area (TPSA) is 76.9 Å². The fourth-order valence-corrected chi connectivity index (χ4v) is 4.91. The summed E-state index contributed by atoms with van der Waals surface area (Å²) in [5.74, 6) is -3.91. The van der Waals surface area contributed by atoms with Gasteiger partial charge in [-0.15, -0.1) is 0 Å². The number of fused-ring (bicyclic) bond motifs is 1. The quantitative estimate of drug-likeness (QED) is 0.418. The first-order chi connectivity index (χ1) is 16.1. The summed E-state index contributed by atoms with van der Waals surface area (Å²) in [7, 11) is 0. The van der Waals surface area contributed by atoms with E-state index in [0.717, 1.165) is 39.3 Å². The number of benzene rings is 1. The van der Waals surface area contributed by atoms with E-state index in [1.165, 1.54) is 12.1 Å². The van der Waals surface area contributed by atoms with Gasteiger partial charge in [-0.3, -0.25) is 4.79 Å². The summed E-state index contributed by atoms with van der Waals surface area (Å²) in [5.41, 5.74) is 1.37. The van der Waals surface area contributed by atoms with Crippen molar-refractivity contribution in [3.8, 4) is 11.5 Å². The minimum absolute atomic E-state index is 0.0320. The number of phenols is 2. The maximum absolute atomic E-state index is 13.9. The van der Waals surface area contributed by atoms with Gasteiger partial charge in [0.15, 0.2) is 11.5 Å². The summed E-state index contributed by atoms with van der Waals surface area (Å²) in [6, 6.07) is 2.85. The second-order valence-electron chi connectivity index (χ2n) is 8.67. The number of amides is 1. The first kappa shape index (κ1) is 24.5. The molecule has 0 saturated carbocycles. The van der Waals surface area contributed by atoms with E-state index in [1.807, 2.05) is 4.90 Å². The summed E-state index contributed by atoms with van der Waals surface area (Å²) in [6.07, 6.45) is 6.33. The molecule has 2 N–H and O–H groups in total. The molecule has 0 bridgehead atoms. The zero-order chi connectivity index (χ0) is 24.6. The number of halogens is 4. The van der Waals surface area contributed by atoms with Crippen LogP contribution in [0.3, 0.4) is 0 Å². The molecule has 1 aromatic heterocycles. The third kappa shape index (κ3) is 4.79. The molecule has 4 rings (SSSR count). The normalized spacial score (nSPS) is 16.7. The monoisotopic (exact) mass is 511 g/mol. The van der Waals surface area contributed by atoms with Crippen LogP contribution in [0.5, 0.6) is 11.5 Å². The summed E-state index contributed by atoms with van der Waals surface area (Å²) in [5, 5.41) is 19.9. The highest BCUT2D eigenvalue weighted by atomic mass is 35.5. The number of pyridine rings is 1. The molecule has 1 amide bonds. The lowest BCUT2D eigenvalue weighted by Gasteiger charge is -2.30. The van der Waals surface area contributed by atoms with E-state index >= 15 is 0 Å². The number of hydrogen-bond acceptors (Lipinski definition) is 5. The van der Waals surface area contributed by atoms with Crippen LogP contribution in [0.15, 0.2) is 18.2 Å². The zero-order valence-corrected chi connectivity index (χ0v) is 20.1. The lowest BCUT2D eigenvalue weighted by Crippen LogP contribution is -2.35. The molecule has 182 valence electrons. The van der Waals surface area contributed by atoms with E-state index in [0.29, 0.717) is 35.5 Å². The Morgan fingerprint density at radius 3 is 2.35 bits per heavy atom. The number of anilines is 1. The van der Waals surface area contributed by atoms with Gasteiger partial charge in [0, 0.05) is 44.7 Å². The highest BCUT2D eigenvalue weighted by molar-refractivity contribution is 6.36. The molecule has 0 aliphatic carbocycles. The summed E-state index contributed by atoms with van der Waals surface area (Å²) in [6.45, 7) is 2.72. The minimum atomic E-state index is -3.07. The smallest absolute Gasteiger partial charge is 0.287 e. The molecule has 0 radical (unpaired) electrons. The van der Waals surface area contributed by atoms with Crippen LogP contribution in [0.1, 0.15) is 48.6 Å². The van der Waals surface area contributed by atoms with Gasteiger partial charge in [0.2, 0.25) is 5.91 Å². The largest absolute Gasteiger partial charge is 0.503 e. The van der Waals surface area contributed by atoms with Crippen LogP contribution in [0.2, 0.25) is 10.0 Å². The molecule has 6 nitrogen and oxygen atoms in total. The highest BCUT2D eigenvalue weighted by Crippen LogP contribution is 2.46. The van der Waals surface area contributed by atoms with Crippen molar-refractivity contribution in [2.45, 2.75) is 45.1 Å². The van der Waals surface area contributed by atoms with Crippen molar-refractivity contribution < 1.29 is 23.8 Å². The van der Waals surface area contributed by atoms with Crippen molar-refractivity contribution in [2.75, 3.05) is 24.5 Å². The fourth-order valence-electron chi connectivity index (χ4n) is 4.35. The summed E-state index contributed by atoms with van der Waals surface area (Å²) >= 11 is 12.3. The van der Waals surface area contributed by atoms with E-state index in [-0.39, 0.29) is 28.2 Å². The lowest BCUT2D eigenvalue weighted by atomic mass is 9.98. The van der Waals surface area contributed by atoms with Gasteiger partial charge < -0.3 is 20.0 Å². The standard InChI is InChI=1S/C24H25Cl2F2N3O3/c1-24(27,28)17-7-5-14(23(29-17)30-10-3-2-4-11-30)6-8-18(32)31-12-9-15-16(13-31)20(26)22(34)21(33)19(15)25/h5-8,33-34H,2-4,9-13H2,1H3/b8-6+. The van der Waals surface area contributed by atoms with Crippen LogP contribution in [0.25, 0.3) is 6.08 Å². The van der Waals surface area contributed by atoms with E-state index < -0.39 is 17.4 Å². The van der Waals surface area contributed by atoms with Crippen LogP contribution >= 0.6 is 23.2 Å².